The molecule has 2 amide bonds. The molecule has 0 atom stereocenters. The molecule has 1 saturated heterocycles. The Kier molecular flexibility index (Phi) is 5.61. The molecule has 1 aliphatic heterocycles. The number of aromatic nitrogens is 1. The van der Waals surface area contributed by atoms with Crippen molar-refractivity contribution in [3.8, 4) is 5.75 Å². The molecule has 2 heterocycles. The Morgan fingerprint density at radius 3 is 2.50 bits per heavy atom. The van der Waals surface area contributed by atoms with Crippen molar-refractivity contribution in [2.45, 2.75) is 13.3 Å². The predicted octanol–water partition coefficient (Wildman–Crippen LogP) is 2.09. The molecule has 0 N–H and O–H groups in total. The number of carbonyl (C=O) groups excluding carboxylic acids is 2. The van der Waals surface area contributed by atoms with E-state index in [1.165, 1.54) is 0 Å². The van der Waals surface area contributed by atoms with Crippen LogP contribution in [0.3, 0.4) is 0 Å². The molecule has 1 aromatic carbocycles. The number of amides is 2. The van der Waals surface area contributed by atoms with E-state index in [1.807, 2.05) is 66.2 Å². The molecule has 0 aliphatic carbocycles. The van der Waals surface area contributed by atoms with Gasteiger partial charge in [-0.1, -0.05) is 18.2 Å². The van der Waals surface area contributed by atoms with E-state index in [9.17, 15) is 9.59 Å². The van der Waals surface area contributed by atoms with Crippen LogP contribution in [0.15, 0.2) is 42.7 Å². The summed E-state index contributed by atoms with van der Waals surface area (Å²) in [6, 6.07) is 9.49. The first-order valence-electron chi connectivity index (χ1n) is 8.92. The third-order valence-electron chi connectivity index (χ3n) is 4.66. The molecule has 0 bridgehead atoms. The minimum Gasteiger partial charge on any atom is -0.484 e. The Morgan fingerprint density at radius 1 is 1.04 bits per heavy atom. The van der Waals surface area contributed by atoms with Crippen LogP contribution in [-0.4, -0.2) is 59.0 Å². The fourth-order valence-electron chi connectivity index (χ4n) is 3.13. The summed E-state index contributed by atoms with van der Waals surface area (Å²) in [5.41, 5.74) is 1.70. The van der Waals surface area contributed by atoms with Crippen LogP contribution in [0, 0.1) is 6.92 Å². The lowest BCUT2D eigenvalue weighted by atomic mass is 10.2. The van der Waals surface area contributed by atoms with E-state index in [0.717, 1.165) is 17.7 Å². The number of carbonyl (C=O) groups is 2. The standard InChI is InChI=1S/C20H25N3O3/c1-16-6-3-4-7-18(16)26-15-19(24)22-9-5-10-23(13-12-22)20(25)17-8-11-21(2)14-17/h3-4,6-8,11,14H,5,9-10,12-13,15H2,1-2H3. The van der Waals surface area contributed by atoms with Gasteiger partial charge in [-0.15, -0.1) is 0 Å². The number of para-hydroxylation sites is 1. The van der Waals surface area contributed by atoms with E-state index in [1.54, 1.807) is 4.90 Å². The van der Waals surface area contributed by atoms with Crippen LogP contribution in [0.5, 0.6) is 5.75 Å². The normalized spacial score (nSPS) is 14.8. The molecule has 0 spiro atoms. The van der Waals surface area contributed by atoms with E-state index in [2.05, 4.69) is 0 Å². The maximum atomic E-state index is 12.6. The molecular formula is C20H25N3O3. The number of benzene rings is 1. The van der Waals surface area contributed by atoms with Crippen molar-refractivity contribution >= 4 is 11.8 Å². The van der Waals surface area contributed by atoms with Crippen LogP contribution in [0.2, 0.25) is 0 Å². The fourth-order valence-corrected chi connectivity index (χ4v) is 3.13. The van der Waals surface area contributed by atoms with E-state index < -0.39 is 0 Å². The Bertz CT molecular complexity index is 784. The summed E-state index contributed by atoms with van der Waals surface area (Å²) in [6.07, 6.45) is 4.46. The average Bonchev–Trinajstić information content (AvgIpc) is 2.92. The van der Waals surface area contributed by atoms with Gasteiger partial charge in [0.25, 0.3) is 11.8 Å². The number of nitrogens with zero attached hydrogens (tertiary/aromatic N) is 3. The molecule has 1 aromatic heterocycles. The van der Waals surface area contributed by atoms with Gasteiger partial charge in [-0.05, 0) is 31.0 Å². The predicted molar refractivity (Wildman–Crippen MR) is 99.2 cm³/mol. The van der Waals surface area contributed by atoms with E-state index in [0.29, 0.717) is 31.7 Å². The van der Waals surface area contributed by atoms with Crippen LogP contribution in [-0.2, 0) is 11.8 Å². The van der Waals surface area contributed by atoms with Crippen LogP contribution in [0.25, 0.3) is 0 Å². The number of rotatable bonds is 4. The molecule has 1 fully saturated rings. The maximum Gasteiger partial charge on any atom is 0.260 e. The Morgan fingerprint density at radius 2 is 1.77 bits per heavy atom. The van der Waals surface area contributed by atoms with Gasteiger partial charge in [-0.25, -0.2) is 0 Å². The highest BCUT2D eigenvalue weighted by Gasteiger charge is 2.23. The lowest BCUT2D eigenvalue weighted by Gasteiger charge is -2.22. The fraction of sp³-hybridized carbons (Fsp3) is 0.400. The molecule has 1 aliphatic rings. The van der Waals surface area contributed by atoms with Gasteiger partial charge in [0.2, 0.25) is 0 Å². The molecule has 0 unspecified atom stereocenters. The van der Waals surface area contributed by atoms with Crippen molar-refractivity contribution in [3.63, 3.8) is 0 Å². The van der Waals surface area contributed by atoms with E-state index in [4.69, 9.17) is 4.74 Å². The minimum absolute atomic E-state index is 0.0241. The number of ether oxygens (including phenoxy) is 1. The summed E-state index contributed by atoms with van der Waals surface area (Å²) in [4.78, 5) is 28.7. The van der Waals surface area contributed by atoms with Crippen molar-refractivity contribution < 1.29 is 14.3 Å². The first-order chi connectivity index (χ1) is 12.5. The van der Waals surface area contributed by atoms with Crippen molar-refractivity contribution in [2.75, 3.05) is 32.8 Å². The van der Waals surface area contributed by atoms with Crippen LogP contribution in [0.1, 0.15) is 22.3 Å². The molecule has 3 rings (SSSR count). The zero-order valence-corrected chi connectivity index (χ0v) is 15.4. The van der Waals surface area contributed by atoms with Gasteiger partial charge in [0.1, 0.15) is 5.75 Å². The SMILES string of the molecule is Cc1ccccc1OCC(=O)N1CCCN(C(=O)c2ccn(C)c2)CC1. The van der Waals surface area contributed by atoms with Crippen LogP contribution < -0.4 is 4.74 Å². The van der Waals surface area contributed by atoms with Crippen molar-refractivity contribution in [1.82, 2.24) is 14.4 Å². The average molecular weight is 355 g/mol. The lowest BCUT2D eigenvalue weighted by molar-refractivity contribution is -0.133. The highest BCUT2D eigenvalue weighted by atomic mass is 16.5. The molecule has 0 radical (unpaired) electrons. The zero-order valence-electron chi connectivity index (χ0n) is 15.4. The monoisotopic (exact) mass is 355 g/mol. The van der Waals surface area contributed by atoms with Gasteiger partial charge in [0.15, 0.2) is 6.61 Å². The molecule has 2 aromatic rings. The quantitative estimate of drug-likeness (QED) is 0.844. The lowest BCUT2D eigenvalue weighted by Crippen LogP contribution is -2.39. The molecule has 0 saturated carbocycles. The highest BCUT2D eigenvalue weighted by Crippen LogP contribution is 2.16. The van der Waals surface area contributed by atoms with Crippen molar-refractivity contribution in [3.05, 3.63) is 53.9 Å². The first-order valence-corrected chi connectivity index (χ1v) is 8.92. The highest BCUT2D eigenvalue weighted by molar-refractivity contribution is 5.94. The van der Waals surface area contributed by atoms with Gasteiger partial charge >= 0.3 is 0 Å². The number of hydrogen-bond donors (Lipinski definition) is 0. The second kappa shape index (κ2) is 8.08. The van der Waals surface area contributed by atoms with E-state index >= 15 is 0 Å². The van der Waals surface area contributed by atoms with Crippen molar-refractivity contribution in [2.24, 2.45) is 7.05 Å². The van der Waals surface area contributed by atoms with Gasteiger partial charge in [-0.3, -0.25) is 9.59 Å². The summed E-state index contributed by atoms with van der Waals surface area (Å²) in [7, 11) is 1.90. The van der Waals surface area contributed by atoms with Crippen molar-refractivity contribution in [1.29, 1.82) is 0 Å². The van der Waals surface area contributed by atoms with Crippen LogP contribution >= 0.6 is 0 Å². The summed E-state index contributed by atoms with van der Waals surface area (Å²) in [6.45, 7) is 4.37. The molecule has 6 heteroatoms. The first kappa shape index (κ1) is 18.0. The zero-order chi connectivity index (χ0) is 18.5. The Labute approximate surface area is 154 Å². The summed E-state index contributed by atoms with van der Waals surface area (Å²) in [5, 5.41) is 0. The molecule has 138 valence electrons. The molecular weight excluding hydrogens is 330 g/mol. The van der Waals surface area contributed by atoms with E-state index in [-0.39, 0.29) is 18.4 Å². The smallest absolute Gasteiger partial charge is 0.260 e. The molecule has 26 heavy (non-hydrogen) atoms. The second-order valence-electron chi connectivity index (χ2n) is 6.65. The summed E-state index contributed by atoms with van der Waals surface area (Å²) in [5.74, 6) is 0.717. The van der Waals surface area contributed by atoms with Gasteiger partial charge < -0.3 is 19.1 Å². The Balaban J connectivity index is 1.54. The maximum absolute atomic E-state index is 12.6. The minimum atomic E-state index is -0.0396. The Hall–Kier alpha value is -2.76. The number of hydrogen-bond acceptors (Lipinski definition) is 3. The topological polar surface area (TPSA) is 54.8 Å². The van der Waals surface area contributed by atoms with Gasteiger partial charge in [0, 0.05) is 45.6 Å². The molecule has 6 nitrogen and oxygen atoms in total. The summed E-state index contributed by atoms with van der Waals surface area (Å²) < 4.78 is 7.53. The second-order valence-corrected chi connectivity index (χ2v) is 6.65. The third kappa shape index (κ3) is 4.25. The third-order valence-corrected chi connectivity index (χ3v) is 4.66. The van der Waals surface area contributed by atoms with Gasteiger partial charge in [-0.2, -0.15) is 0 Å². The van der Waals surface area contributed by atoms with Gasteiger partial charge in [0.05, 0.1) is 5.56 Å². The summed E-state index contributed by atoms with van der Waals surface area (Å²) >= 11 is 0. The van der Waals surface area contributed by atoms with Crippen LogP contribution in [0.4, 0.5) is 0 Å². The largest absolute Gasteiger partial charge is 0.484 e. The number of aryl methyl sites for hydroxylation is 2.